The van der Waals surface area contributed by atoms with Gasteiger partial charge in [0.05, 0.1) is 12.6 Å². The SMILES string of the molecule is O=C(N[C@H](CO)C1CCSCC1)c1cn2ccsc2n1. The summed E-state index contributed by atoms with van der Waals surface area (Å²) in [5.41, 5.74) is 0.417. The molecule has 3 heterocycles. The molecule has 1 fully saturated rings. The van der Waals surface area contributed by atoms with Crippen molar-refractivity contribution in [2.24, 2.45) is 5.92 Å². The number of aliphatic hydroxyl groups excluding tert-OH is 1. The van der Waals surface area contributed by atoms with Crippen LogP contribution < -0.4 is 5.32 Å². The third-order valence-corrected chi connectivity index (χ3v) is 5.49. The van der Waals surface area contributed by atoms with Crippen LogP contribution in [0, 0.1) is 5.92 Å². The third kappa shape index (κ3) is 2.84. The molecule has 1 amide bonds. The number of amides is 1. The summed E-state index contributed by atoms with van der Waals surface area (Å²) in [6.07, 6.45) is 5.71. The van der Waals surface area contributed by atoms with Gasteiger partial charge in [0, 0.05) is 17.8 Å². The van der Waals surface area contributed by atoms with Gasteiger partial charge in [0.2, 0.25) is 0 Å². The number of fused-ring (bicyclic) bond motifs is 1. The zero-order valence-electron chi connectivity index (χ0n) is 11.0. The number of hydrogen-bond acceptors (Lipinski definition) is 5. The number of nitrogens with one attached hydrogen (secondary N) is 1. The minimum Gasteiger partial charge on any atom is -0.394 e. The first-order valence-electron chi connectivity index (χ1n) is 6.69. The Hall–Kier alpha value is -1.05. The van der Waals surface area contributed by atoms with Crippen molar-refractivity contribution in [2.75, 3.05) is 18.1 Å². The van der Waals surface area contributed by atoms with Crippen molar-refractivity contribution >= 4 is 34.0 Å². The first kappa shape index (κ1) is 13.9. The average Bonchev–Trinajstić information content (AvgIpc) is 3.06. The molecule has 1 aliphatic heterocycles. The van der Waals surface area contributed by atoms with E-state index < -0.39 is 0 Å². The molecule has 7 heteroatoms. The molecule has 0 aliphatic carbocycles. The molecule has 1 aliphatic rings. The first-order valence-corrected chi connectivity index (χ1v) is 8.73. The van der Waals surface area contributed by atoms with E-state index in [4.69, 9.17) is 0 Å². The molecule has 0 saturated carbocycles. The number of carbonyl (C=O) groups excluding carboxylic acids is 1. The number of thioether (sulfide) groups is 1. The number of nitrogens with zero attached hydrogens (tertiary/aromatic N) is 2. The standard InChI is InChI=1S/C13H17N3O2S2/c17-8-11(9-1-4-19-5-2-9)14-12(18)10-7-16-3-6-20-13(16)15-10/h3,6-7,9,11,17H,1-2,4-5,8H2,(H,14,18)/t11-/m1/s1. The van der Waals surface area contributed by atoms with Gasteiger partial charge in [-0.05, 0) is 30.3 Å². The molecule has 3 rings (SSSR count). The van der Waals surface area contributed by atoms with Gasteiger partial charge in [0.1, 0.15) is 5.69 Å². The fraction of sp³-hybridized carbons (Fsp3) is 0.538. The molecule has 0 unspecified atom stereocenters. The maximum Gasteiger partial charge on any atom is 0.271 e. The van der Waals surface area contributed by atoms with Gasteiger partial charge in [0.15, 0.2) is 4.96 Å². The van der Waals surface area contributed by atoms with Crippen LogP contribution in [-0.4, -0.2) is 44.6 Å². The van der Waals surface area contributed by atoms with E-state index in [1.54, 1.807) is 6.20 Å². The van der Waals surface area contributed by atoms with E-state index in [1.165, 1.54) is 11.3 Å². The predicted octanol–water partition coefficient (Wildman–Crippen LogP) is 1.63. The third-order valence-electron chi connectivity index (χ3n) is 3.67. The second-order valence-electron chi connectivity index (χ2n) is 4.93. The van der Waals surface area contributed by atoms with Crippen LogP contribution in [0.4, 0.5) is 0 Å². The lowest BCUT2D eigenvalue weighted by atomic mass is 9.94. The number of rotatable bonds is 4. The van der Waals surface area contributed by atoms with Gasteiger partial charge < -0.3 is 10.4 Å². The summed E-state index contributed by atoms with van der Waals surface area (Å²) in [4.78, 5) is 17.3. The molecule has 5 nitrogen and oxygen atoms in total. The molecule has 0 aromatic carbocycles. The summed E-state index contributed by atoms with van der Waals surface area (Å²) < 4.78 is 1.84. The van der Waals surface area contributed by atoms with Crippen LogP contribution in [0.15, 0.2) is 17.8 Å². The second-order valence-corrected chi connectivity index (χ2v) is 7.03. The van der Waals surface area contributed by atoms with Crippen molar-refractivity contribution in [1.29, 1.82) is 0 Å². The fourth-order valence-corrected chi connectivity index (χ4v) is 4.35. The highest BCUT2D eigenvalue weighted by molar-refractivity contribution is 7.99. The molecule has 0 bridgehead atoms. The number of thiazole rings is 1. The van der Waals surface area contributed by atoms with E-state index in [-0.39, 0.29) is 18.6 Å². The zero-order chi connectivity index (χ0) is 13.9. The Morgan fingerprint density at radius 3 is 3.05 bits per heavy atom. The van der Waals surface area contributed by atoms with Crippen LogP contribution in [0.1, 0.15) is 23.3 Å². The smallest absolute Gasteiger partial charge is 0.271 e. The Balaban J connectivity index is 1.68. The molecule has 2 aromatic heterocycles. The molecule has 20 heavy (non-hydrogen) atoms. The van der Waals surface area contributed by atoms with E-state index in [0.717, 1.165) is 29.3 Å². The normalized spacial score (nSPS) is 18.2. The van der Waals surface area contributed by atoms with Gasteiger partial charge in [0.25, 0.3) is 5.91 Å². The summed E-state index contributed by atoms with van der Waals surface area (Å²) >= 11 is 3.44. The van der Waals surface area contributed by atoms with Crippen LogP contribution in [0.25, 0.3) is 4.96 Å². The molecule has 0 spiro atoms. The van der Waals surface area contributed by atoms with Crippen molar-refractivity contribution in [1.82, 2.24) is 14.7 Å². The molecule has 0 radical (unpaired) electrons. The average molecular weight is 311 g/mol. The Labute approximate surface area is 125 Å². The highest BCUT2D eigenvalue weighted by Gasteiger charge is 2.25. The van der Waals surface area contributed by atoms with Gasteiger partial charge >= 0.3 is 0 Å². The predicted molar refractivity (Wildman–Crippen MR) is 81.5 cm³/mol. The number of imidazole rings is 1. The minimum atomic E-state index is -0.196. The van der Waals surface area contributed by atoms with Gasteiger partial charge in [-0.2, -0.15) is 11.8 Å². The molecule has 108 valence electrons. The first-order chi connectivity index (χ1) is 9.78. The maximum absolute atomic E-state index is 12.2. The number of aliphatic hydroxyl groups is 1. The van der Waals surface area contributed by atoms with Crippen LogP contribution in [0.3, 0.4) is 0 Å². The Bertz CT molecular complexity index is 561. The maximum atomic E-state index is 12.2. The summed E-state index contributed by atoms with van der Waals surface area (Å²) in [7, 11) is 0. The summed E-state index contributed by atoms with van der Waals surface area (Å²) in [5.74, 6) is 2.39. The van der Waals surface area contributed by atoms with Crippen molar-refractivity contribution in [3.63, 3.8) is 0 Å². The largest absolute Gasteiger partial charge is 0.394 e. The van der Waals surface area contributed by atoms with Crippen molar-refractivity contribution in [3.8, 4) is 0 Å². The van der Waals surface area contributed by atoms with E-state index >= 15 is 0 Å². The molecule has 2 aromatic rings. The Morgan fingerprint density at radius 1 is 1.55 bits per heavy atom. The lowest BCUT2D eigenvalue weighted by Gasteiger charge is -2.29. The van der Waals surface area contributed by atoms with Gasteiger partial charge in [-0.1, -0.05) is 0 Å². The van der Waals surface area contributed by atoms with E-state index in [0.29, 0.717) is 11.6 Å². The summed E-state index contributed by atoms with van der Waals surface area (Å²) in [5, 5.41) is 14.4. The molecular weight excluding hydrogens is 294 g/mol. The molecular formula is C13H17N3O2S2. The van der Waals surface area contributed by atoms with Crippen molar-refractivity contribution in [2.45, 2.75) is 18.9 Å². The van der Waals surface area contributed by atoms with Crippen molar-refractivity contribution < 1.29 is 9.90 Å². The number of aromatic nitrogens is 2. The monoisotopic (exact) mass is 311 g/mol. The number of carbonyl (C=O) groups is 1. The highest BCUT2D eigenvalue weighted by atomic mass is 32.2. The van der Waals surface area contributed by atoms with Crippen molar-refractivity contribution in [3.05, 3.63) is 23.5 Å². The lowest BCUT2D eigenvalue weighted by Crippen LogP contribution is -2.44. The highest BCUT2D eigenvalue weighted by Crippen LogP contribution is 2.25. The van der Waals surface area contributed by atoms with E-state index in [9.17, 15) is 9.90 Å². The van der Waals surface area contributed by atoms with Crippen LogP contribution in [0.2, 0.25) is 0 Å². The Kier molecular flexibility index (Phi) is 4.28. The second kappa shape index (κ2) is 6.15. The Morgan fingerprint density at radius 2 is 2.35 bits per heavy atom. The topological polar surface area (TPSA) is 66.6 Å². The molecule has 2 N–H and O–H groups in total. The van der Waals surface area contributed by atoms with Crippen LogP contribution >= 0.6 is 23.1 Å². The quantitative estimate of drug-likeness (QED) is 0.900. The van der Waals surface area contributed by atoms with E-state index in [1.807, 2.05) is 27.7 Å². The zero-order valence-corrected chi connectivity index (χ0v) is 12.6. The summed E-state index contributed by atoms with van der Waals surface area (Å²) in [6, 6.07) is -0.164. The number of hydrogen-bond donors (Lipinski definition) is 2. The fourth-order valence-electron chi connectivity index (χ4n) is 2.51. The molecule has 1 atom stereocenters. The molecule has 1 saturated heterocycles. The minimum absolute atomic E-state index is 0.0106. The lowest BCUT2D eigenvalue weighted by molar-refractivity contribution is 0.0880. The van der Waals surface area contributed by atoms with Crippen LogP contribution in [-0.2, 0) is 0 Å². The summed E-state index contributed by atoms with van der Waals surface area (Å²) in [6.45, 7) is -0.0106. The van der Waals surface area contributed by atoms with Gasteiger partial charge in [-0.25, -0.2) is 4.98 Å². The van der Waals surface area contributed by atoms with E-state index in [2.05, 4.69) is 10.3 Å². The van der Waals surface area contributed by atoms with Gasteiger partial charge in [-0.15, -0.1) is 11.3 Å². The van der Waals surface area contributed by atoms with Crippen LogP contribution in [0.5, 0.6) is 0 Å². The van der Waals surface area contributed by atoms with Gasteiger partial charge in [-0.3, -0.25) is 9.20 Å².